The number of halogens is 2. The Hall–Kier alpha value is -1.95. The minimum absolute atomic E-state index is 0.00720. The summed E-state index contributed by atoms with van der Waals surface area (Å²) in [6.07, 6.45) is 0. The molecule has 0 bridgehead atoms. The van der Waals surface area contributed by atoms with Crippen LogP contribution in [0.2, 0.25) is 5.02 Å². The fourth-order valence-corrected chi connectivity index (χ4v) is 1.65. The Morgan fingerprint density at radius 2 is 2.24 bits per heavy atom. The highest BCUT2D eigenvalue weighted by molar-refractivity contribution is 6.32. The van der Waals surface area contributed by atoms with E-state index in [2.05, 4.69) is 5.16 Å². The van der Waals surface area contributed by atoms with Crippen LogP contribution < -0.4 is 10.5 Å². The number of phenols is 1. The molecular weight excluding hydrogens is 251 g/mol. The van der Waals surface area contributed by atoms with E-state index < -0.39 is 11.6 Å². The van der Waals surface area contributed by atoms with E-state index in [-0.39, 0.29) is 27.9 Å². The lowest BCUT2D eigenvalue weighted by atomic mass is 10.1. The number of phenolic OH excluding ortho intramolecular Hbond substituents is 1. The number of nitrogens with two attached hydrogens (primary N) is 1. The molecule has 3 N–H and O–H groups in total. The third-order valence-corrected chi connectivity index (χ3v) is 2.43. The number of aromatic nitrogens is 1. The molecule has 1 aromatic heterocycles. The van der Waals surface area contributed by atoms with Gasteiger partial charge in [-0.3, -0.25) is 0 Å². The van der Waals surface area contributed by atoms with Crippen molar-refractivity contribution in [3.8, 4) is 22.8 Å². The number of rotatable bonds is 2. The highest BCUT2D eigenvalue weighted by atomic mass is 35.5. The van der Waals surface area contributed by atoms with Gasteiger partial charge in [-0.1, -0.05) is 16.8 Å². The molecule has 17 heavy (non-hydrogen) atoms. The summed E-state index contributed by atoms with van der Waals surface area (Å²) in [6, 6.07) is 2.65. The summed E-state index contributed by atoms with van der Waals surface area (Å²) < 4.78 is 23.2. The number of nitrogens with zero attached hydrogens (tertiary/aromatic N) is 1. The molecule has 0 aliphatic heterocycles. The van der Waals surface area contributed by atoms with E-state index in [1.54, 1.807) is 0 Å². The molecule has 0 saturated carbocycles. The number of benzene rings is 1. The summed E-state index contributed by atoms with van der Waals surface area (Å²) in [4.78, 5) is 0. The minimum atomic E-state index is -0.968. The van der Waals surface area contributed by atoms with Crippen LogP contribution in [0.25, 0.3) is 11.3 Å². The first kappa shape index (κ1) is 11.5. The van der Waals surface area contributed by atoms with E-state index in [0.717, 1.165) is 0 Å². The van der Waals surface area contributed by atoms with Crippen LogP contribution in [0.1, 0.15) is 0 Å². The lowest BCUT2D eigenvalue weighted by Crippen LogP contribution is -1.92. The van der Waals surface area contributed by atoms with Crippen molar-refractivity contribution >= 4 is 17.4 Å². The van der Waals surface area contributed by atoms with Crippen molar-refractivity contribution in [1.29, 1.82) is 0 Å². The van der Waals surface area contributed by atoms with Crippen LogP contribution in [0.15, 0.2) is 16.7 Å². The first-order valence-corrected chi connectivity index (χ1v) is 4.90. The first-order valence-electron chi connectivity index (χ1n) is 4.52. The zero-order chi connectivity index (χ0) is 12.6. The van der Waals surface area contributed by atoms with Gasteiger partial charge >= 0.3 is 0 Å². The maximum Gasteiger partial charge on any atom is 0.208 e. The van der Waals surface area contributed by atoms with Gasteiger partial charge in [0.15, 0.2) is 23.1 Å². The fraction of sp³-hybridized carbons (Fsp3) is 0.100. The Labute approximate surface area is 101 Å². The molecule has 5 nitrogen and oxygen atoms in total. The van der Waals surface area contributed by atoms with E-state index in [0.29, 0.717) is 0 Å². The second-order valence-corrected chi connectivity index (χ2v) is 3.63. The number of methoxy groups -OCH3 is 1. The van der Waals surface area contributed by atoms with E-state index in [1.165, 1.54) is 19.2 Å². The molecule has 0 saturated heterocycles. The van der Waals surface area contributed by atoms with Crippen LogP contribution >= 0.6 is 11.6 Å². The second-order valence-electron chi connectivity index (χ2n) is 3.22. The summed E-state index contributed by atoms with van der Waals surface area (Å²) >= 11 is 5.79. The zero-order valence-corrected chi connectivity index (χ0v) is 9.45. The van der Waals surface area contributed by atoms with Gasteiger partial charge in [-0.2, -0.15) is 4.39 Å². The number of hydrogen-bond acceptors (Lipinski definition) is 5. The van der Waals surface area contributed by atoms with Crippen LogP contribution in [0, 0.1) is 5.82 Å². The Balaban J connectivity index is 2.64. The standard InChI is InChI=1S/C10H8ClFN2O3/c1-16-10-5(11)2-4(9(15)8(10)12)6-3-7(13)14-17-6/h2-3,15H,1H3,(H2,13,14). The highest BCUT2D eigenvalue weighted by Crippen LogP contribution is 2.41. The van der Waals surface area contributed by atoms with Crippen LogP contribution in [0.5, 0.6) is 11.5 Å². The van der Waals surface area contributed by atoms with Gasteiger partial charge < -0.3 is 20.1 Å². The average Bonchev–Trinajstić information content (AvgIpc) is 2.71. The predicted molar refractivity (Wildman–Crippen MR) is 59.5 cm³/mol. The average molecular weight is 259 g/mol. The Bertz CT molecular complexity index is 571. The van der Waals surface area contributed by atoms with Crippen LogP contribution in [0.4, 0.5) is 10.2 Å². The van der Waals surface area contributed by atoms with Crippen molar-refractivity contribution in [2.75, 3.05) is 12.8 Å². The molecule has 2 rings (SSSR count). The van der Waals surface area contributed by atoms with Gasteiger partial charge in [0.05, 0.1) is 17.7 Å². The van der Waals surface area contributed by atoms with Crippen molar-refractivity contribution in [3.63, 3.8) is 0 Å². The SMILES string of the molecule is COc1c(Cl)cc(-c2cc(N)no2)c(O)c1F. The van der Waals surface area contributed by atoms with Gasteiger partial charge in [0, 0.05) is 6.07 Å². The van der Waals surface area contributed by atoms with Gasteiger partial charge in [-0.05, 0) is 6.07 Å². The number of aromatic hydroxyl groups is 1. The lowest BCUT2D eigenvalue weighted by molar-refractivity contribution is 0.363. The topological polar surface area (TPSA) is 81.5 Å². The number of nitrogen functional groups attached to an aromatic ring is 1. The molecule has 2 aromatic rings. The Morgan fingerprint density at radius 3 is 2.76 bits per heavy atom. The number of anilines is 1. The molecule has 0 radical (unpaired) electrons. The van der Waals surface area contributed by atoms with Crippen LogP contribution in [-0.2, 0) is 0 Å². The third kappa shape index (κ3) is 1.87. The van der Waals surface area contributed by atoms with Crippen LogP contribution in [0.3, 0.4) is 0 Å². The van der Waals surface area contributed by atoms with E-state index in [9.17, 15) is 9.50 Å². The lowest BCUT2D eigenvalue weighted by Gasteiger charge is -2.08. The van der Waals surface area contributed by atoms with Gasteiger partial charge in [0.2, 0.25) is 5.82 Å². The van der Waals surface area contributed by atoms with E-state index in [1.807, 2.05) is 0 Å². The fourth-order valence-electron chi connectivity index (χ4n) is 1.38. The largest absolute Gasteiger partial charge is 0.504 e. The molecule has 1 aromatic carbocycles. The van der Waals surface area contributed by atoms with Crippen LogP contribution in [-0.4, -0.2) is 17.4 Å². The summed E-state index contributed by atoms with van der Waals surface area (Å²) in [6.45, 7) is 0. The van der Waals surface area contributed by atoms with Gasteiger partial charge in [-0.15, -0.1) is 0 Å². The zero-order valence-electron chi connectivity index (χ0n) is 8.70. The quantitative estimate of drug-likeness (QED) is 0.865. The van der Waals surface area contributed by atoms with Gasteiger partial charge in [0.1, 0.15) is 0 Å². The predicted octanol–water partition coefficient (Wildman–Crippen LogP) is 2.43. The van der Waals surface area contributed by atoms with Crippen molar-refractivity contribution < 1.29 is 18.8 Å². The Morgan fingerprint density at radius 1 is 1.53 bits per heavy atom. The molecule has 0 amide bonds. The van der Waals surface area contributed by atoms with Gasteiger partial charge in [-0.25, -0.2) is 0 Å². The number of hydrogen-bond donors (Lipinski definition) is 2. The van der Waals surface area contributed by atoms with Crippen molar-refractivity contribution in [3.05, 3.63) is 23.0 Å². The minimum Gasteiger partial charge on any atom is -0.504 e. The Kier molecular flexibility index (Phi) is 2.81. The summed E-state index contributed by atoms with van der Waals surface area (Å²) in [5.74, 6) is -1.61. The molecule has 0 aliphatic carbocycles. The summed E-state index contributed by atoms with van der Waals surface area (Å²) in [5, 5.41) is 13.1. The summed E-state index contributed by atoms with van der Waals surface area (Å²) in [5.41, 5.74) is 5.41. The van der Waals surface area contributed by atoms with E-state index >= 15 is 0 Å². The molecule has 1 heterocycles. The normalized spacial score (nSPS) is 10.5. The van der Waals surface area contributed by atoms with Crippen molar-refractivity contribution in [2.45, 2.75) is 0 Å². The van der Waals surface area contributed by atoms with Gasteiger partial charge in [0.25, 0.3) is 0 Å². The molecule has 90 valence electrons. The van der Waals surface area contributed by atoms with Crippen molar-refractivity contribution in [1.82, 2.24) is 5.16 Å². The smallest absolute Gasteiger partial charge is 0.208 e. The molecular formula is C10H8ClFN2O3. The summed E-state index contributed by atoms with van der Waals surface area (Å²) in [7, 11) is 1.25. The molecule has 0 aliphatic rings. The maximum atomic E-state index is 13.7. The molecule has 0 spiro atoms. The molecule has 0 atom stereocenters. The number of ether oxygens (including phenoxy) is 1. The maximum absolute atomic E-state index is 13.7. The first-order chi connectivity index (χ1) is 8.04. The van der Waals surface area contributed by atoms with E-state index in [4.69, 9.17) is 26.6 Å². The highest BCUT2D eigenvalue weighted by Gasteiger charge is 2.20. The monoisotopic (exact) mass is 258 g/mol. The second kappa shape index (κ2) is 4.14. The van der Waals surface area contributed by atoms with Crippen molar-refractivity contribution in [2.24, 2.45) is 0 Å². The molecule has 7 heteroatoms. The third-order valence-electron chi connectivity index (χ3n) is 2.15. The molecule has 0 unspecified atom stereocenters. The molecule has 0 fully saturated rings.